The monoisotopic (exact) mass is 237 g/mol. The maximum absolute atomic E-state index is 11.1. The van der Waals surface area contributed by atoms with Gasteiger partial charge in [-0.25, -0.2) is 4.79 Å². The molecule has 0 saturated carbocycles. The zero-order valence-corrected chi connectivity index (χ0v) is 10.4. The molecule has 0 fully saturated rings. The van der Waals surface area contributed by atoms with Gasteiger partial charge in [0, 0.05) is 12.8 Å². The summed E-state index contributed by atoms with van der Waals surface area (Å²) in [6.45, 7) is 4.28. The number of hydrogen-bond acceptors (Lipinski definition) is 3. The Morgan fingerprint density at radius 3 is 2.71 bits per heavy atom. The maximum Gasteiger partial charge on any atom is 0.326 e. The minimum atomic E-state index is -0.836. The highest BCUT2D eigenvalue weighted by molar-refractivity contribution is 5.77. The topological polar surface area (TPSA) is 58.6 Å². The Morgan fingerprint density at radius 2 is 2.18 bits per heavy atom. The minimum absolute atomic E-state index is 0.0265. The summed E-state index contributed by atoms with van der Waals surface area (Å²) in [5.74, 6) is -0.810. The van der Waals surface area contributed by atoms with Gasteiger partial charge >= 0.3 is 5.97 Å². The van der Waals surface area contributed by atoms with Crippen molar-refractivity contribution in [3.8, 4) is 0 Å². The molecule has 0 spiro atoms. The number of nitrogens with one attached hydrogen (secondary N) is 1. The van der Waals surface area contributed by atoms with Crippen molar-refractivity contribution >= 4 is 11.7 Å². The van der Waals surface area contributed by atoms with Crippen molar-refractivity contribution in [3.05, 3.63) is 29.8 Å². The van der Waals surface area contributed by atoms with Gasteiger partial charge < -0.3 is 15.2 Å². The van der Waals surface area contributed by atoms with Gasteiger partial charge in [0.1, 0.15) is 6.04 Å². The van der Waals surface area contributed by atoms with Gasteiger partial charge in [0.15, 0.2) is 0 Å². The second kappa shape index (κ2) is 6.25. The van der Waals surface area contributed by atoms with Crippen LogP contribution in [0.4, 0.5) is 5.69 Å². The zero-order valence-electron chi connectivity index (χ0n) is 10.4. The number of methoxy groups -OCH3 is 1. The molecule has 1 atom stereocenters. The number of hydrogen-bond donors (Lipinski definition) is 2. The van der Waals surface area contributed by atoms with E-state index in [4.69, 9.17) is 9.84 Å². The Bertz CT molecular complexity index is 377. The van der Waals surface area contributed by atoms with Crippen molar-refractivity contribution < 1.29 is 14.6 Å². The van der Waals surface area contributed by atoms with Crippen LogP contribution in [-0.2, 0) is 16.1 Å². The molecule has 1 rings (SSSR count). The molecule has 0 aliphatic carbocycles. The average Bonchev–Trinajstić information content (AvgIpc) is 2.26. The van der Waals surface area contributed by atoms with Gasteiger partial charge in [-0.3, -0.25) is 0 Å². The molecule has 4 heteroatoms. The van der Waals surface area contributed by atoms with Crippen LogP contribution < -0.4 is 5.32 Å². The molecule has 2 N–H and O–H groups in total. The van der Waals surface area contributed by atoms with Crippen LogP contribution in [0, 0.1) is 5.92 Å². The Morgan fingerprint density at radius 1 is 1.47 bits per heavy atom. The van der Waals surface area contributed by atoms with Gasteiger partial charge in [-0.2, -0.15) is 0 Å². The Hall–Kier alpha value is -1.55. The van der Waals surface area contributed by atoms with Gasteiger partial charge in [0.05, 0.1) is 6.61 Å². The van der Waals surface area contributed by atoms with Crippen LogP contribution in [0.2, 0.25) is 0 Å². The molecule has 1 aromatic carbocycles. The molecule has 0 heterocycles. The molecule has 0 aliphatic rings. The molecule has 0 saturated heterocycles. The van der Waals surface area contributed by atoms with E-state index < -0.39 is 12.0 Å². The summed E-state index contributed by atoms with van der Waals surface area (Å²) in [7, 11) is 1.63. The number of aliphatic carboxylic acids is 1. The zero-order chi connectivity index (χ0) is 12.8. The number of carboxylic acids is 1. The maximum atomic E-state index is 11.1. The predicted molar refractivity (Wildman–Crippen MR) is 67.0 cm³/mol. The fourth-order valence-corrected chi connectivity index (χ4v) is 1.61. The number of rotatable bonds is 6. The van der Waals surface area contributed by atoms with Crippen molar-refractivity contribution in [2.24, 2.45) is 5.92 Å². The van der Waals surface area contributed by atoms with Gasteiger partial charge in [-0.15, -0.1) is 0 Å². The SMILES string of the molecule is COCc1cccc(NC(C(=O)O)C(C)C)c1. The largest absolute Gasteiger partial charge is 0.480 e. The van der Waals surface area contributed by atoms with E-state index in [2.05, 4.69) is 5.32 Å². The molecule has 0 radical (unpaired) electrons. The summed E-state index contributed by atoms with van der Waals surface area (Å²) in [6.07, 6.45) is 0. The molecule has 94 valence electrons. The lowest BCUT2D eigenvalue weighted by Crippen LogP contribution is -2.34. The summed E-state index contributed by atoms with van der Waals surface area (Å²) >= 11 is 0. The average molecular weight is 237 g/mol. The number of carboxylic acid groups (broad SMARTS) is 1. The third kappa shape index (κ3) is 4.07. The number of carbonyl (C=O) groups is 1. The van der Waals surface area contributed by atoms with Crippen LogP contribution in [0.15, 0.2) is 24.3 Å². The molecule has 0 aromatic heterocycles. The van der Waals surface area contributed by atoms with Crippen molar-refractivity contribution in [1.29, 1.82) is 0 Å². The molecule has 17 heavy (non-hydrogen) atoms. The van der Waals surface area contributed by atoms with Gasteiger partial charge in [0.25, 0.3) is 0 Å². The highest BCUT2D eigenvalue weighted by Gasteiger charge is 2.20. The summed E-state index contributed by atoms with van der Waals surface area (Å²) in [5.41, 5.74) is 1.83. The van der Waals surface area contributed by atoms with Crippen LogP contribution in [0.3, 0.4) is 0 Å². The van der Waals surface area contributed by atoms with E-state index in [0.29, 0.717) is 6.61 Å². The Labute approximate surface area is 102 Å². The highest BCUT2D eigenvalue weighted by Crippen LogP contribution is 2.15. The molecule has 1 unspecified atom stereocenters. The summed E-state index contributed by atoms with van der Waals surface area (Å²) in [4.78, 5) is 11.1. The molecular weight excluding hydrogens is 218 g/mol. The summed E-state index contributed by atoms with van der Waals surface area (Å²) < 4.78 is 5.04. The Kier molecular flexibility index (Phi) is 4.97. The quantitative estimate of drug-likeness (QED) is 0.797. The highest BCUT2D eigenvalue weighted by atomic mass is 16.5. The minimum Gasteiger partial charge on any atom is -0.480 e. The van der Waals surface area contributed by atoms with E-state index >= 15 is 0 Å². The molecule has 1 aromatic rings. The van der Waals surface area contributed by atoms with Crippen LogP contribution in [0.1, 0.15) is 19.4 Å². The van der Waals surface area contributed by atoms with E-state index in [1.54, 1.807) is 7.11 Å². The van der Waals surface area contributed by atoms with Crippen LogP contribution >= 0.6 is 0 Å². The van der Waals surface area contributed by atoms with Gasteiger partial charge in [-0.05, 0) is 23.6 Å². The smallest absolute Gasteiger partial charge is 0.326 e. The molecular formula is C13H19NO3. The van der Waals surface area contributed by atoms with Gasteiger partial charge in [0.2, 0.25) is 0 Å². The van der Waals surface area contributed by atoms with Crippen LogP contribution in [0.25, 0.3) is 0 Å². The number of benzene rings is 1. The number of anilines is 1. The lowest BCUT2D eigenvalue weighted by atomic mass is 10.0. The number of ether oxygens (including phenoxy) is 1. The second-order valence-electron chi connectivity index (χ2n) is 4.34. The first-order valence-corrected chi connectivity index (χ1v) is 5.61. The molecule has 4 nitrogen and oxygen atoms in total. The van der Waals surface area contributed by atoms with Crippen LogP contribution in [-0.4, -0.2) is 24.2 Å². The Balaban J connectivity index is 2.78. The third-order valence-electron chi connectivity index (χ3n) is 2.49. The van der Waals surface area contributed by atoms with E-state index in [9.17, 15) is 4.79 Å². The first-order valence-electron chi connectivity index (χ1n) is 5.61. The molecule has 0 bridgehead atoms. The first-order chi connectivity index (χ1) is 8.04. The van der Waals surface area contributed by atoms with Crippen molar-refractivity contribution in [2.45, 2.75) is 26.5 Å². The fraction of sp³-hybridized carbons (Fsp3) is 0.462. The fourth-order valence-electron chi connectivity index (χ4n) is 1.61. The summed E-state index contributed by atoms with van der Waals surface area (Å²) in [5, 5.41) is 12.1. The standard InChI is InChI=1S/C13H19NO3/c1-9(2)12(13(15)16)14-11-6-4-5-10(7-11)8-17-3/h4-7,9,12,14H,8H2,1-3H3,(H,15,16). The van der Waals surface area contributed by atoms with Crippen molar-refractivity contribution in [1.82, 2.24) is 0 Å². The first kappa shape index (κ1) is 13.5. The van der Waals surface area contributed by atoms with E-state index in [0.717, 1.165) is 11.3 Å². The summed E-state index contributed by atoms with van der Waals surface area (Å²) in [6, 6.07) is 7.02. The lowest BCUT2D eigenvalue weighted by Gasteiger charge is -2.19. The van der Waals surface area contributed by atoms with E-state index in [1.807, 2.05) is 38.1 Å². The molecule has 0 amide bonds. The van der Waals surface area contributed by atoms with Crippen LogP contribution in [0.5, 0.6) is 0 Å². The van der Waals surface area contributed by atoms with Crippen molar-refractivity contribution in [2.75, 3.05) is 12.4 Å². The van der Waals surface area contributed by atoms with Crippen molar-refractivity contribution in [3.63, 3.8) is 0 Å². The van der Waals surface area contributed by atoms with E-state index in [1.165, 1.54) is 0 Å². The predicted octanol–water partition coefficient (Wildman–Crippen LogP) is 2.35. The third-order valence-corrected chi connectivity index (χ3v) is 2.49. The normalized spacial score (nSPS) is 12.5. The van der Waals surface area contributed by atoms with Gasteiger partial charge in [-0.1, -0.05) is 26.0 Å². The van der Waals surface area contributed by atoms with E-state index in [-0.39, 0.29) is 5.92 Å². The lowest BCUT2D eigenvalue weighted by molar-refractivity contribution is -0.138. The second-order valence-corrected chi connectivity index (χ2v) is 4.34. The molecule has 0 aliphatic heterocycles.